The average Bonchev–Trinajstić information content (AvgIpc) is 2.95. The summed E-state index contributed by atoms with van der Waals surface area (Å²) in [5.74, 6) is -0.303. The van der Waals surface area contributed by atoms with Crippen molar-refractivity contribution in [3.8, 4) is 0 Å². The summed E-state index contributed by atoms with van der Waals surface area (Å²) in [7, 11) is 0. The van der Waals surface area contributed by atoms with E-state index < -0.39 is 17.8 Å². The molecule has 1 fully saturated rings. The molecule has 1 aliphatic heterocycles. The number of nitrogens with one attached hydrogen (secondary N) is 1. The van der Waals surface area contributed by atoms with Gasteiger partial charge in [0.05, 0.1) is 6.61 Å². The van der Waals surface area contributed by atoms with E-state index in [9.17, 15) is 18.0 Å². The van der Waals surface area contributed by atoms with Gasteiger partial charge in [-0.25, -0.2) is 9.50 Å². The van der Waals surface area contributed by atoms with Crippen molar-refractivity contribution < 1.29 is 22.7 Å². The minimum Gasteiger partial charge on any atom is -0.381 e. The Balaban J connectivity index is 1.81. The number of aromatic nitrogens is 3. The quantitative estimate of drug-likeness (QED) is 0.929. The molecule has 2 aromatic heterocycles. The smallest absolute Gasteiger partial charge is 0.381 e. The van der Waals surface area contributed by atoms with Gasteiger partial charge >= 0.3 is 6.18 Å². The van der Waals surface area contributed by atoms with Crippen LogP contribution in [0, 0.1) is 12.8 Å². The molecular weight excluding hydrogens is 325 g/mol. The fourth-order valence-electron chi connectivity index (χ4n) is 2.71. The predicted molar refractivity (Wildman–Crippen MR) is 78.6 cm³/mol. The summed E-state index contributed by atoms with van der Waals surface area (Å²) in [6.07, 6.45) is -2.69. The number of fused-ring (bicyclic) bond motifs is 1. The first kappa shape index (κ1) is 16.7. The maximum atomic E-state index is 13.1. The van der Waals surface area contributed by atoms with Gasteiger partial charge in [-0.15, -0.1) is 0 Å². The van der Waals surface area contributed by atoms with Crippen LogP contribution in [-0.4, -0.2) is 40.3 Å². The number of carbonyl (C=O) groups excluding carboxylic acids is 1. The first-order chi connectivity index (χ1) is 11.3. The van der Waals surface area contributed by atoms with Crippen LogP contribution in [-0.2, 0) is 10.9 Å². The lowest BCUT2D eigenvalue weighted by molar-refractivity contribution is -0.142. The third kappa shape index (κ3) is 3.50. The lowest BCUT2D eigenvalue weighted by Gasteiger charge is -2.21. The summed E-state index contributed by atoms with van der Waals surface area (Å²) in [6, 6.07) is 2.16. The fraction of sp³-hybridized carbons (Fsp3) is 0.533. The fourth-order valence-corrected chi connectivity index (χ4v) is 2.71. The summed E-state index contributed by atoms with van der Waals surface area (Å²) in [5, 5.41) is 6.47. The molecule has 1 saturated heterocycles. The van der Waals surface area contributed by atoms with Crippen molar-refractivity contribution in [3.05, 3.63) is 29.2 Å². The molecule has 3 rings (SSSR count). The van der Waals surface area contributed by atoms with Crippen LogP contribution < -0.4 is 5.32 Å². The van der Waals surface area contributed by atoms with E-state index in [4.69, 9.17) is 4.74 Å². The monoisotopic (exact) mass is 342 g/mol. The molecule has 1 N–H and O–H groups in total. The van der Waals surface area contributed by atoms with Crippen LogP contribution in [0.5, 0.6) is 0 Å². The van der Waals surface area contributed by atoms with Crippen LogP contribution in [0.2, 0.25) is 0 Å². The molecule has 0 bridgehead atoms. The van der Waals surface area contributed by atoms with Crippen LogP contribution in [0.3, 0.4) is 0 Å². The number of hydrogen-bond donors (Lipinski definition) is 1. The van der Waals surface area contributed by atoms with Gasteiger partial charge < -0.3 is 10.1 Å². The van der Waals surface area contributed by atoms with Crippen LogP contribution in [0.15, 0.2) is 12.1 Å². The van der Waals surface area contributed by atoms with Crippen LogP contribution in [0.4, 0.5) is 13.2 Å². The molecule has 2 aromatic rings. The molecule has 0 aliphatic carbocycles. The van der Waals surface area contributed by atoms with Gasteiger partial charge in [-0.2, -0.15) is 18.3 Å². The van der Waals surface area contributed by atoms with E-state index in [1.54, 1.807) is 0 Å². The van der Waals surface area contributed by atoms with Crippen molar-refractivity contribution in [3.63, 3.8) is 0 Å². The molecule has 6 nitrogen and oxygen atoms in total. The molecule has 3 heterocycles. The Kier molecular flexibility index (Phi) is 4.44. The van der Waals surface area contributed by atoms with E-state index in [2.05, 4.69) is 15.4 Å². The van der Waals surface area contributed by atoms with Crippen molar-refractivity contribution in [2.24, 2.45) is 5.92 Å². The molecular formula is C15H17F3N4O2. The van der Waals surface area contributed by atoms with Gasteiger partial charge in [0.2, 0.25) is 0 Å². The third-order valence-electron chi connectivity index (χ3n) is 3.88. The Labute approximate surface area is 136 Å². The van der Waals surface area contributed by atoms with Gasteiger partial charge in [0.25, 0.3) is 5.91 Å². The van der Waals surface area contributed by atoms with Crippen molar-refractivity contribution in [1.29, 1.82) is 0 Å². The van der Waals surface area contributed by atoms with Crippen molar-refractivity contribution in [2.45, 2.75) is 25.9 Å². The van der Waals surface area contributed by atoms with E-state index in [1.165, 1.54) is 13.0 Å². The summed E-state index contributed by atoms with van der Waals surface area (Å²) in [4.78, 5) is 16.2. The Bertz CT molecular complexity index is 751. The Morgan fingerprint density at radius 3 is 2.92 bits per heavy atom. The highest BCUT2D eigenvalue weighted by atomic mass is 19.4. The third-order valence-corrected chi connectivity index (χ3v) is 3.88. The summed E-state index contributed by atoms with van der Waals surface area (Å²) in [6.45, 7) is 3.17. The number of halogens is 3. The molecule has 0 aromatic carbocycles. The van der Waals surface area contributed by atoms with Gasteiger partial charge in [0.15, 0.2) is 11.3 Å². The molecule has 24 heavy (non-hydrogen) atoms. The lowest BCUT2D eigenvalue weighted by atomic mass is 10.0. The topological polar surface area (TPSA) is 68.5 Å². The number of ether oxygens (including phenoxy) is 1. The Morgan fingerprint density at radius 2 is 2.25 bits per heavy atom. The molecule has 0 radical (unpaired) electrons. The first-order valence-corrected chi connectivity index (χ1v) is 7.65. The minimum absolute atomic E-state index is 0.00604. The molecule has 130 valence electrons. The van der Waals surface area contributed by atoms with Gasteiger partial charge in [0, 0.05) is 24.9 Å². The van der Waals surface area contributed by atoms with E-state index in [1.807, 2.05) is 0 Å². The lowest BCUT2D eigenvalue weighted by Crippen LogP contribution is -2.33. The molecule has 1 aliphatic rings. The second-order valence-corrected chi connectivity index (χ2v) is 5.87. The van der Waals surface area contributed by atoms with E-state index in [0.717, 1.165) is 25.5 Å². The zero-order valence-corrected chi connectivity index (χ0v) is 13.1. The van der Waals surface area contributed by atoms with Gasteiger partial charge in [-0.1, -0.05) is 0 Å². The van der Waals surface area contributed by atoms with Crippen molar-refractivity contribution in [2.75, 3.05) is 19.8 Å². The standard InChI is InChI=1S/C15H17F3N4O2/c1-9-5-12(15(16,17)18)22-13(20-9)6-11(21-22)14(23)19-7-10-3-2-4-24-8-10/h5-6,10H,2-4,7-8H2,1H3,(H,19,23). The zero-order chi connectivity index (χ0) is 17.3. The normalized spacial score (nSPS) is 18.8. The number of rotatable bonds is 3. The highest BCUT2D eigenvalue weighted by molar-refractivity contribution is 5.93. The molecule has 1 unspecified atom stereocenters. The van der Waals surface area contributed by atoms with Crippen LogP contribution >= 0.6 is 0 Å². The maximum absolute atomic E-state index is 13.1. The molecule has 9 heteroatoms. The number of amides is 1. The predicted octanol–water partition coefficient (Wildman–Crippen LogP) is 2.21. The molecule has 1 amide bonds. The van der Waals surface area contributed by atoms with Crippen molar-refractivity contribution >= 4 is 11.6 Å². The molecule has 1 atom stereocenters. The molecule has 0 spiro atoms. The zero-order valence-electron chi connectivity index (χ0n) is 13.1. The number of aryl methyl sites for hydroxylation is 1. The van der Waals surface area contributed by atoms with E-state index in [-0.39, 0.29) is 23.0 Å². The largest absolute Gasteiger partial charge is 0.433 e. The number of carbonyl (C=O) groups is 1. The first-order valence-electron chi connectivity index (χ1n) is 7.65. The average molecular weight is 342 g/mol. The van der Waals surface area contributed by atoms with E-state index >= 15 is 0 Å². The number of alkyl halides is 3. The van der Waals surface area contributed by atoms with Crippen LogP contribution in [0.1, 0.15) is 34.7 Å². The number of hydrogen-bond acceptors (Lipinski definition) is 4. The molecule has 0 saturated carbocycles. The van der Waals surface area contributed by atoms with Gasteiger partial charge in [0.1, 0.15) is 5.69 Å². The Morgan fingerprint density at radius 1 is 1.46 bits per heavy atom. The second kappa shape index (κ2) is 6.39. The van der Waals surface area contributed by atoms with Crippen molar-refractivity contribution in [1.82, 2.24) is 19.9 Å². The SMILES string of the molecule is Cc1cc(C(F)(F)F)n2nc(C(=O)NCC3CCCOC3)cc2n1. The number of nitrogens with zero attached hydrogens (tertiary/aromatic N) is 3. The van der Waals surface area contributed by atoms with Gasteiger partial charge in [-0.05, 0) is 31.7 Å². The maximum Gasteiger partial charge on any atom is 0.433 e. The van der Waals surface area contributed by atoms with E-state index in [0.29, 0.717) is 17.7 Å². The minimum atomic E-state index is -4.58. The summed E-state index contributed by atoms with van der Waals surface area (Å²) >= 11 is 0. The van der Waals surface area contributed by atoms with Gasteiger partial charge in [-0.3, -0.25) is 4.79 Å². The highest BCUT2D eigenvalue weighted by Crippen LogP contribution is 2.29. The van der Waals surface area contributed by atoms with Crippen LogP contribution in [0.25, 0.3) is 5.65 Å². The summed E-state index contributed by atoms with van der Waals surface area (Å²) in [5.41, 5.74) is -0.838. The Hall–Kier alpha value is -2.16. The summed E-state index contributed by atoms with van der Waals surface area (Å²) < 4.78 is 45.3. The second-order valence-electron chi connectivity index (χ2n) is 5.87. The highest BCUT2D eigenvalue weighted by Gasteiger charge is 2.35.